The third kappa shape index (κ3) is 2.75. The molecule has 0 atom stereocenters. The van der Waals surface area contributed by atoms with Crippen LogP contribution in [0.15, 0.2) is 32.7 Å². The topological polar surface area (TPSA) is 87.8 Å². The van der Waals surface area contributed by atoms with Gasteiger partial charge in [0.2, 0.25) is 15.8 Å². The molecule has 1 saturated carbocycles. The van der Waals surface area contributed by atoms with Gasteiger partial charge in [-0.25, -0.2) is 13.2 Å². The van der Waals surface area contributed by atoms with Crippen LogP contribution in [0, 0.1) is 0 Å². The highest BCUT2D eigenvalue weighted by Gasteiger charge is 2.39. The van der Waals surface area contributed by atoms with E-state index in [0.717, 1.165) is 18.9 Å². The molecule has 1 aliphatic rings. The van der Waals surface area contributed by atoms with Crippen LogP contribution in [0.5, 0.6) is 0 Å². The molecule has 1 heterocycles. The molecule has 0 spiro atoms. The number of sulfonamides is 1. The summed E-state index contributed by atoms with van der Waals surface area (Å²) in [6.45, 7) is 3.73. The van der Waals surface area contributed by atoms with Crippen LogP contribution in [0.4, 0.5) is 0 Å². The van der Waals surface area contributed by atoms with Crippen molar-refractivity contribution < 1.29 is 22.7 Å². The van der Waals surface area contributed by atoms with Crippen molar-refractivity contribution in [1.82, 2.24) is 4.31 Å². The van der Waals surface area contributed by atoms with Crippen LogP contribution in [-0.4, -0.2) is 36.4 Å². The van der Waals surface area contributed by atoms with Crippen molar-refractivity contribution in [3.05, 3.63) is 29.2 Å². The maximum Gasteiger partial charge on any atom is 0.371 e. The van der Waals surface area contributed by atoms with Crippen molar-refractivity contribution in [2.75, 3.05) is 6.54 Å². The number of rotatable bonds is 6. The van der Waals surface area contributed by atoms with Crippen molar-refractivity contribution in [1.29, 1.82) is 0 Å². The number of furan rings is 1. The van der Waals surface area contributed by atoms with Crippen LogP contribution < -0.4 is 0 Å². The van der Waals surface area contributed by atoms with Crippen molar-refractivity contribution >= 4 is 31.9 Å². The standard InChI is InChI=1S/C11H12BrNO5S/c1-2-5-13(7-3-4-7)19(16,17)9-6-8(11(14)15)18-10(9)12/h2,6-7H,1,3-5H2,(H,14,15). The monoisotopic (exact) mass is 349 g/mol. The Morgan fingerprint density at radius 2 is 2.26 bits per heavy atom. The molecule has 0 radical (unpaired) electrons. The SMILES string of the molecule is C=CCN(C1CC1)S(=O)(=O)c1cc(C(=O)O)oc1Br. The zero-order valence-electron chi connectivity index (χ0n) is 9.87. The maximum absolute atomic E-state index is 12.5. The van der Waals surface area contributed by atoms with Crippen LogP contribution in [-0.2, 0) is 10.0 Å². The first-order valence-corrected chi connectivity index (χ1v) is 7.76. The Kier molecular flexibility index (Phi) is 3.84. The second-order valence-electron chi connectivity index (χ2n) is 4.15. The molecule has 2 rings (SSSR count). The van der Waals surface area contributed by atoms with Gasteiger partial charge in [0.1, 0.15) is 4.90 Å². The molecule has 104 valence electrons. The number of carboxylic acid groups (broad SMARTS) is 1. The Labute approximate surface area is 118 Å². The Balaban J connectivity index is 2.42. The predicted molar refractivity (Wildman–Crippen MR) is 70.5 cm³/mol. The van der Waals surface area contributed by atoms with Gasteiger partial charge in [-0.2, -0.15) is 4.31 Å². The molecule has 0 bridgehead atoms. The summed E-state index contributed by atoms with van der Waals surface area (Å²) in [5.74, 6) is -1.73. The molecule has 0 unspecified atom stereocenters. The number of hydrogen-bond donors (Lipinski definition) is 1. The van der Waals surface area contributed by atoms with E-state index in [9.17, 15) is 13.2 Å². The van der Waals surface area contributed by atoms with Crippen LogP contribution >= 0.6 is 15.9 Å². The van der Waals surface area contributed by atoms with E-state index in [1.54, 1.807) is 0 Å². The van der Waals surface area contributed by atoms with Gasteiger partial charge in [-0.05, 0) is 28.8 Å². The summed E-state index contributed by atoms with van der Waals surface area (Å²) in [7, 11) is -3.79. The number of carbonyl (C=O) groups is 1. The quantitative estimate of drug-likeness (QED) is 0.794. The summed E-state index contributed by atoms with van der Waals surface area (Å²) in [4.78, 5) is 10.6. The lowest BCUT2D eigenvalue weighted by molar-refractivity contribution is 0.0661. The third-order valence-corrected chi connectivity index (χ3v) is 5.49. The van der Waals surface area contributed by atoms with Crippen molar-refractivity contribution in [3.63, 3.8) is 0 Å². The van der Waals surface area contributed by atoms with E-state index in [-0.39, 0.29) is 22.2 Å². The third-order valence-electron chi connectivity index (χ3n) is 2.72. The van der Waals surface area contributed by atoms with Crippen molar-refractivity contribution in [3.8, 4) is 0 Å². The number of hydrogen-bond acceptors (Lipinski definition) is 4. The maximum atomic E-state index is 12.5. The van der Waals surface area contributed by atoms with Gasteiger partial charge in [-0.15, -0.1) is 6.58 Å². The van der Waals surface area contributed by atoms with E-state index in [4.69, 9.17) is 9.52 Å². The molecule has 1 aliphatic carbocycles. The van der Waals surface area contributed by atoms with E-state index >= 15 is 0 Å². The summed E-state index contributed by atoms with van der Waals surface area (Å²) in [6.07, 6.45) is 3.10. The van der Waals surface area contributed by atoms with Gasteiger partial charge >= 0.3 is 5.97 Å². The van der Waals surface area contributed by atoms with E-state index in [1.807, 2.05) is 0 Å². The molecule has 6 nitrogen and oxygen atoms in total. The van der Waals surface area contributed by atoms with Crippen LogP contribution in [0.2, 0.25) is 0 Å². The Morgan fingerprint density at radius 3 is 2.68 bits per heavy atom. The second kappa shape index (κ2) is 5.10. The molecule has 0 amide bonds. The number of aromatic carboxylic acids is 1. The minimum atomic E-state index is -3.79. The number of halogens is 1. The smallest absolute Gasteiger partial charge is 0.371 e. The first kappa shape index (κ1) is 14.3. The van der Waals surface area contributed by atoms with E-state index in [1.165, 1.54) is 10.4 Å². The molecular formula is C11H12BrNO5S. The van der Waals surface area contributed by atoms with Crippen molar-refractivity contribution in [2.24, 2.45) is 0 Å². The zero-order chi connectivity index (χ0) is 14.2. The minimum absolute atomic E-state index is 0.0434. The molecule has 19 heavy (non-hydrogen) atoms. The van der Waals surface area contributed by atoms with E-state index in [2.05, 4.69) is 22.5 Å². The van der Waals surface area contributed by atoms with Gasteiger partial charge in [0, 0.05) is 18.7 Å². The Bertz CT molecular complexity index is 617. The number of carboxylic acids is 1. The summed E-state index contributed by atoms with van der Waals surface area (Å²) in [5, 5.41) is 8.81. The molecule has 1 N–H and O–H groups in total. The lowest BCUT2D eigenvalue weighted by Gasteiger charge is -2.19. The highest BCUT2D eigenvalue weighted by Crippen LogP contribution is 2.35. The molecule has 0 aromatic carbocycles. The van der Waals surface area contributed by atoms with Gasteiger partial charge < -0.3 is 9.52 Å². The van der Waals surface area contributed by atoms with E-state index < -0.39 is 21.8 Å². The fourth-order valence-corrected chi connectivity index (χ4v) is 4.25. The Morgan fingerprint density at radius 1 is 1.63 bits per heavy atom. The normalized spacial score (nSPS) is 15.7. The summed E-state index contributed by atoms with van der Waals surface area (Å²) in [6, 6.07) is 0.971. The zero-order valence-corrected chi connectivity index (χ0v) is 12.3. The van der Waals surface area contributed by atoms with Gasteiger partial charge in [-0.3, -0.25) is 0 Å². The fourth-order valence-electron chi connectivity index (χ4n) is 1.69. The lowest BCUT2D eigenvalue weighted by Crippen LogP contribution is -2.33. The summed E-state index contributed by atoms with van der Waals surface area (Å²) < 4.78 is 31.0. The summed E-state index contributed by atoms with van der Waals surface area (Å²) >= 11 is 2.95. The molecule has 1 aromatic rings. The highest BCUT2D eigenvalue weighted by molar-refractivity contribution is 9.10. The molecule has 1 fully saturated rings. The average Bonchev–Trinajstić information content (AvgIpc) is 3.07. The average molecular weight is 350 g/mol. The largest absolute Gasteiger partial charge is 0.475 e. The van der Waals surface area contributed by atoms with Crippen LogP contribution in [0.3, 0.4) is 0 Å². The van der Waals surface area contributed by atoms with Crippen LogP contribution in [0.1, 0.15) is 23.4 Å². The predicted octanol–water partition coefficient (Wildman–Crippen LogP) is 2.08. The van der Waals surface area contributed by atoms with Gasteiger partial charge in [0.25, 0.3) is 0 Å². The van der Waals surface area contributed by atoms with Gasteiger partial charge in [0.05, 0.1) is 0 Å². The van der Waals surface area contributed by atoms with Gasteiger partial charge in [-0.1, -0.05) is 6.08 Å². The lowest BCUT2D eigenvalue weighted by atomic mass is 10.5. The molecule has 1 aromatic heterocycles. The first-order valence-electron chi connectivity index (χ1n) is 5.53. The fraction of sp³-hybridized carbons (Fsp3) is 0.364. The number of nitrogens with zero attached hydrogens (tertiary/aromatic N) is 1. The molecular weight excluding hydrogens is 338 g/mol. The summed E-state index contributed by atoms with van der Waals surface area (Å²) in [5.41, 5.74) is 0. The van der Waals surface area contributed by atoms with Crippen molar-refractivity contribution in [2.45, 2.75) is 23.8 Å². The van der Waals surface area contributed by atoms with E-state index in [0.29, 0.717) is 0 Å². The molecule has 0 aliphatic heterocycles. The first-order chi connectivity index (χ1) is 8.87. The minimum Gasteiger partial charge on any atom is -0.475 e. The second-order valence-corrected chi connectivity index (χ2v) is 6.73. The van der Waals surface area contributed by atoms with Gasteiger partial charge in [0.15, 0.2) is 4.67 Å². The molecule has 8 heteroatoms. The Hall–Kier alpha value is -1.12. The molecule has 0 saturated heterocycles. The highest BCUT2D eigenvalue weighted by atomic mass is 79.9. The van der Waals surface area contributed by atoms with Crippen LogP contribution in [0.25, 0.3) is 0 Å².